The number of allylic oxidation sites excluding steroid dienone is 2. The molecular weight excluding hydrogens is 344 g/mol. The molecule has 2 aliphatic rings. The number of epoxide rings is 1. The second kappa shape index (κ2) is 8.59. The topological polar surface area (TPSA) is 65.1 Å². The molecule has 1 saturated heterocycles. The monoisotopic (exact) mass is 378 g/mol. The van der Waals surface area contributed by atoms with Gasteiger partial charge in [-0.25, -0.2) is 4.79 Å². The fraction of sp³-hybridized carbons (Fsp3) is 0.727. The lowest BCUT2D eigenvalue weighted by molar-refractivity contribution is -0.152. The van der Waals surface area contributed by atoms with Crippen LogP contribution in [0.3, 0.4) is 0 Å². The Kier molecular flexibility index (Phi) is 6.90. The van der Waals surface area contributed by atoms with Crippen molar-refractivity contribution >= 4 is 11.9 Å². The van der Waals surface area contributed by atoms with Gasteiger partial charge < -0.3 is 14.2 Å². The molecule has 0 spiro atoms. The molecule has 5 heteroatoms. The molecule has 5 atom stereocenters. The Bertz CT molecular complexity index is 633. The zero-order valence-electron chi connectivity index (χ0n) is 17.7. The highest BCUT2D eigenvalue weighted by Crippen LogP contribution is 2.49. The Morgan fingerprint density at radius 2 is 1.96 bits per heavy atom. The average Bonchev–Trinajstić information content (AvgIpc) is 3.28. The first-order chi connectivity index (χ1) is 12.6. The van der Waals surface area contributed by atoms with E-state index in [0.717, 1.165) is 12.8 Å². The lowest BCUT2D eigenvalue weighted by Gasteiger charge is -2.31. The summed E-state index contributed by atoms with van der Waals surface area (Å²) in [5, 5.41) is 0. The molecule has 0 unspecified atom stereocenters. The first-order valence-electron chi connectivity index (χ1n) is 9.94. The van der Waals surface area contributed by atoms with Crippen LogP contribution in [-0.4, -0.2) is 35.9 Å². The standard InChI is InChI=1S/C22H34O5/c1-8-15(5)21(24)26-18-12-10-14(4)9-11-17(13(2)3)19(25-16(6)23)20-22(18,7)27-20/h8,10,13,17-20H,9,11-12H2,1-7H3/b14-10+,15-8-/t17-,18-,19-,20+,22+/m0/s1. The van der Waals surface area contributed by atoms with Crippen LogP contribution in [0.5, 0.6) is 0 Å². The summed E-state index contributed by atoms with van der Waals surface area (Å²) in [6.45, 7) is 13.4. The third-order valence-corrected chi connectivity index (χ3v) is 5.96. The van der Waals surface area contributed by atoms with Crippen molar-refractivity contribution in [1.82, 2.24) is 0 Å². The van der Waals surface area contributed by atoms with Crippen molar-refractivity contribution < 1.29 is 23.8 Å². The molecule has 27 heavy (non-hydrogen) atoms. The molecule has 1 fully saturated rings. The largest absolute Gasteiger partial charge is 0.459 e. The number of carbonyl (C=O) groups is 2. The van der Waals surface area contributed by atoms with E-state index in [9.17, 15) is 9.59 Å². The Labute approximate surface area is 163 Å². The Hall–Kier alpha value is -1.62. The Balaban J connectivity index is 2.35. The third kappa shape index (κ3) is 5.01. The maximum Gasteiger partial charge on any atom is 0.333 e. The van der Waals surface area contributed by atoms with Gasteiger partial charge in [-0.15, -0.1) is 0 Å². The minimum atomic E-state index is -0.648. The van der Waals surface area contributed by atoms with Gasteiger partial charge in [0.1, 0.15) is 23.9 Å². The predicted octanol–water partition coefficient (Wildman–Crippen LogP) is 4.36. The summed E-state index contributed by atoms with van der Waals surface area (Å²) in [7, 11) is 0. The van der Waals surface area contributed by atoms with Crippen LogP contribution >= 0.6 is 0 Å². The third-order valence-electron chi connectivity index (χ3n) is 5.96. The van der Waals surface area contributed by atoms with Gasteiger partial charge in [-0.05, 0) is 46.5 Å². The van der Waals surface area contributed by atoms with Crippen LogP contribution in [0, 0.1) is 11.8 Å². The second-order valence-electron chi connectivity index (χ2n) is 8.39. The van der Waals surface area contributed by atoms with Gasteiger partial charge in [-0.3, -0.25) is 4.79 Å². The molecular formula is C22H34O5. The summed E-state index contributed by atoms with van der Waals surface area (Å²) in [5.41, 5.74) is 1.18. The van der Waals surface area contributed by atoms with Gasteiger partial charge in [0.05, 0.1) is 0 Å². The average molecular weight is 379 g/mol. The fourth-order valence-electron chi connectivity index (χ4n) is 3.88. The molecule has 0 N–H and O–H groups in total. The van der Waals surface area contributed by atoms with Crippen LogP contribution < -0.4 is 0 Å². The lowest BCUT2D eigenvalue weighted by atomic mass is 9.79. The summed E-state index contributed by atoms with van der Waals surface area (Å²) >= 11 is 0. The number of hydrogen-bond donors (Lipinski definition) is 0. The van der Waals surface area contributed by atoms with Crippen LogP contribution in [0.15, 0.2) is 23.3 Å². The summed E-state index contributed by atoms with van der Waals surface area (Å²) in [4.78, 5) is 24.1. The molecule has 0 saturated carbocycles. The number of ether oxygens (including phenoxy) is 3. The highest BCUT2D eigenvalue weighted by Gasteiger charge is 2.64. The molecule has 5 nitrogen and oxygen atoms in total. The molecule has 0 radical (unpaired) electrons. The molecule has 0 aromatic rings. The molecule has 1 heterocycles. The number of hydrogen-bond acceptors (Lipinski definition) is 5. The highest BCUT2D eigenvalue weighted by atomic mass is 16.7. The molecule has 0 amide bonds. The van der Waals surface area contributed by atoms with Crippen LogP contribution in [0.25, 0.3) is 0 Å². The van der Waals surface area contributed by atoms with Gasteiger partial charge in [0.25, 0.3) is 0 Å². The van der Waals surface area contributed by atoms with Crippen LogP contribution in [0.4, 0.5) is 0 Å². The SMILES string of the molecule is C/C=C(/C)C(=O)O[C@H]1C/C=C(\C)CC[C@@H](C(C)C)[C@H](OC(C)=O)[C@H]2O[C@]12C. The molecule has 0 aromatic heterocycles. The van der Waals surface area contributed by atoms with Gasteiger partial charge >= 0.3 is 11.9 Å². The van der Waals surface area contributed by atoms with Crippen molar-refractivity contribution in [3.63, 3.8) is 0 Å². The molecule has 0 bridgehead atoms. The molecule has 1 aliphatic heterocycles. The Morgan fingerprint density at radius 3 is 2.52 bits per heavy atom. The number of carbonyl (C=O) groups excluding carboxylic acids is 2. The summed E-state index contributed by atoms with van der Waals surface area (Å²) in [6.07, 6.45) is 5.36. The van der Waals surface area contributed by atoms with Gasteiger partial charge in [0, 0.05) is 24.8 Å². The van der Waals surface area contributed by atoms with E-state index in [2.05, 4.69) is 26.8 Å². The van der Waals surface area contributed by atoms with Crippen LogP contribution in [0.2, 0.25) is 0 Å². The van der Waals surface area contributed by atoms with Crippen molar-refractivity contribution in [1.29, 1.82) is 0 Å². The van der Waals surface area contributed by atoms with Crippen molar-refractivity contribution in [3.8, 4) is 0 Å². The molecule has 1 aliphatic carbocycles. The minimum Gasteiger partial charge on any atom is -0.459 e. The van der Waals surface area contributed by atoms with Gasteiger partial charge in [0.15, 0.2) is 0 Å². The summed E-state index contributed by atoms with van der Waals surface area (Å²) in [6, 6.07) is 0. The minimum absolute atomic E-state index is 0.191. The van der Waals surface area contributed by atoms with E-state index < -0.39 is 11.7 Å². The molecule has 0 aromatic carbocycles. The maximum atomic E-state index is 12.4. The smallest absolute Gasteiger partial charge is 0.333 e. The summed E-state index contributed by atoms with van der Waals surface area (Å²) in [5.74, 6) is -0.0891. The van der Waals surface area contributed by atoms with E-state index in [4.69, 9.17) is 14.2 Å². The molecule has 152 valence electrons. The van der Waals surface area contributed by atoms with Crippen LogP contribution in [0.1, 0.15) is 67.7 Å². The van der Waals surface area contributed by atoms with E-state index >= 15 is 0 Å². The normalized spacial score (nSPS) is 36.3. The highest BCUT2D eigenvalue weighted by molar-refractivity contribution is 5.87. The van der Waals surface area contributed by atoms with Crippen molar-refractivity contribution in [2.75, 3.05) is 0 Å². The predicted molar refractivity (Wildman–Crippen MR) is 104 cm³/mol. The van der Waals surface area contributed by atoms with E-state index in [1.165, 1.54) is 12.5 Å². The van der Waals surface area contributed by atoms with E-state index in [-0.39, 0.29) is 30.1 Å². The zero-order chi connectivity index (χ0) is 20.4. The summed E-state index contributed by atoms with van der Waals surface area (Å²) < 4.78 is 17.6. The van der Waals surface area contributed by atoms with Crippen molar-refractivity contribution in [2.24, 2.45) is 11.8 Å². The van der Waals surface area contributed by atoms with Gasteiger partial charge in [0.2, 0.25) is 0 Å². The number of rotatable bonds is 4. The van der Waals surface area contributed by atoms with Gasteiger partial charge in [-0.1, -0.05) is 31.6 Å². The Morgan fingerprint density at radius 1 is 1.30 bits per heavy atom. The molecule has 2 rings (SSSR count). The van der Waals surface area contributed by atoms with Gasteiger partial charge in [-0.2, -0.15) is 0 Å². The number of fused-ring (bicyclic) bond motifs is 1. The fourth-order valence-corrected chi connectivity index (χ4v) is 3.88. The van der Waals surface area contributed by atoms with Crippen LogP contribution in [-0.2, 0) is 23.8 Å². The number of esters is 2. The van der Waals surface area contributed by atoms with Crippen molar-refractivity contribution in [3.05, 3.63) is 23.3 Å². The first-order valence-corrected chi connectivity index (χ1v) is 9.94. The van der Waals surface area contributed by atoms with E-state index in [0.29, 0.717) is 17.9 Å². The zero-order valence-corrected chi connectivity index (χ0v) is 17.7. The second-order valence-corrected chi connectivity index (χ2v) is 8.39. The maximum absolute atomic E-state index is 12.4. The van der Waals surface area contributed by atoms with E-state index in [1.54, 1.807) is 13.0 Å². The lowest BCUT2D eigenvalue weighted by Crippen LogP contribution is -2.42. The first kappa shape index (κ1) is 21.7. The van der Waals surface area contributed by atoms with Crippen molar-refractivity contribution in [2.45, 2.75) is 91.6 Å². The van der Waals surface area contributed by atoms with E-state index in [1.807, 2.05) is 13.8 Å². The quantitative estimate of drug-likeness (QED) is 0.315.